The molecular formula is C20H29N3O2. The Morgan fingerprint density at radius 1 is 1.16 bits per heavy atom. The van der Waals surface area contributed by atoms with Crippen molar-refractivity contribution in [3.63, 3.8) is 0 Å². The fraction of sp³-hybridized carbons (Fsp3) is 0.600. The molecule has 3 atom stereocenters. The summed E-state index contributed by atoms with van der Waals surface area (Å²) in [4.78, 5) is 25.4. The first kappa shape index (κ1) is 17.8. The zero-order valence-electron chi connectivity index (χ0n) is 15.5. The molecule has 3 rings (SSSR count). The number of rotatable bonds is 5. The first-order chi connectivity index (χ1) is 12.0. The first-order valence-electron chi connectivity index (χ1n) is 9.50. The second-order valence-electron chi connectivity index (χ2n) is 7.45. The summed E-state index contributed by atoms with van der Waals surface area (Å²) in [6.45, 7) is 7.29. The summed E-state index contributed by atoms with van der Waals surface area (Å²) in [5.74, 6) is 1.05. The van der Waals surface area contributed by atoms with Crippen molar-refractivity contribution in [1.82, 2.24) is 14.5 Å². The number of imidazole rings is 1. The fourth-order valence-electron chi connectivity index (χ4n) is 4.05. The molecule has 2 aromatic rings. The van der Waals surface area contributed by atoms with Crippen molar-refractivity contribution in [2.75, 3.05) is 0 Å². The molecule has 1 fully saturated rings. The Balaban J connectivity index is 1.82. The highest BCUT2D eigenvalue weighted by molar-refractivity contribution is 5.81. The minimum Gasteiger partial charge on any atom is -0.352 e. The van der Waals surface area contributed by atoms with Gasteiger partial charge in [-0.15, -0.1) is 0 Å². The van der Waals surface area contributed by atoms with Crippen LogP contribution >= 0.6 is 0 Å². The van der Waals surface area contributed by atoms with E-state index in [2.05, 4.69) is 26.1 Å². The molecule has 1 aliphatic carbocycles. The summed E-state index contributed by atoms with van der Waals surface area (Å²) >= 11 is 0. The topological polar surface area (TPSA) is 56.0 Å². The number of aryl methyl sites for hydroxylation is 1. The molecule has 25 heavy (non-hydrogen) atoms. The van der Waals surface area contributed by atoms with Crippen LogP contribution in [0.4, 0.5) is 0 Å². The molecule has 0 aliphatic heterocycles. The van der Waals surface area contributed by atoms with Gasteiger partial charge in [-0.25, -0.2) is 4.79 Å². The lowest BCUT2D eigenvalue weighted by Crippen LogP contribution is -2.45. The third-order valence-corrected chi connectivity index (χ3v) is 5.73. The van der Waals surface area contributed by atoms with E-state index < -0.39 is 0 Å². The first-order valence-corrected chi connectivity index (χ1v) is 9.50. The highest BCUT2D eigenvalue weighted by Crippen LogP contribution is 2.29. The van der Waals surface area contributed by atoms with Crippen molar-refractivity contribution in [2.45, 2.75) is 65.6 Å². The predicted molar refractivity (Wildman–Crippen MR) is 101 cm³/mol. The number of para-hydroxylation sites is 2. The molecule has 1 aliphatic rings. The van der Waals surface area contributed by atoms with Gasteiger partial charge in [0.15, 0.2) is 0 Å². The van der Waals surface area contributed by atoms with Crippen molar-refractivity contribution in [1.29, 1.82) is 0 Å². The van der Waals surface area contributed by atoms with E-state index in [4.69, 9.17) is 0 Å². The Bertz CT molecular complexity index is 805. The Labute approximate surface area is 149 Å². The number of carbonyl (C=O) groups excluding carboxylic acids is 1. The second-order valence-corrected chi connectivity index (χ2v) is 7.45. The number of hydrogen-bond acceptors (Lipinski definition) is 2. The van der Waals surface area contributed by atoms with Gasteiger partial charge in [-0.2, -0.15) is 0 Å². The molecule has 0 spiro atoms. The number of nitrogens with one attached hydrogen (secondary N) is 1. The molecule has 5 heteroatoms. The predicted octanol–water partition coefficient (Wildman–Crippen LogP) is 3.15. The molecule has 0 saturated heterocycles. The third-order valence-electron chi connectivity index (χ3n) is 5.73. The number of amides is 1. The summed E-state index contributed by atoms with van der Waals surface area (Å²) < 4.78 is 3.38. The maximum atomic E-state index is 12.8. The molecule has 1 heterocycles. The van der Waals surface area contributed by atoms with E-state index in [1.165, 1.54) is 6.42 Å². The number of aromatic nitrogens is 2. The van der Waals surface area contributed by atoms with Gasteiger partial charge in [-0.3, -0.25) is 13.9 Å². The zero-order chi connectivity index (χ0) is 18.0. The van der Waals surface area contributed by atoms with Crippen LogP contribution in [0.2, 0.25) is 0 Å². The zero-order valence-corrected chi connectivity index (χ0v) is 15.5. The third kappa shape index (κ3) is 3.51. The van der Waals surface area contributed by atoms with Crippen LogP contribution in [0.5, 0.6) is 0 Å². The van der Waals surface area contributed by atoms with E-state index >= 15 is 0 Å². The van der Waals surface area contributed by atoms with Crippen molar-refractivity contribution in [3.8, 4) is 0 Å². The van der Waals surface area contributed by atoms with Crippen LogP contribution in [-0.2, 0) is 17.9 Å². The quantitative estimate of drug-likeness (QED) is 0.907. The molecule has 136 valence electrons. The summed E-state index contributed by atoms with van der Waals surface area (Å²) in [5, 5.41) is 3.17. The highest BCUT2D eigenvalue weighted by Gasteiger charge is 2.28. The summed E-state index contributed by atoms with van der Waals surface area (Å²) in [7, 11) is 0. The second kappa shape index (κ2) is 7.46. The molecule has 1 saturated carbocycles. The molecular weight excluding hydrogens is 314 g/mol. The highest BCUT2D eigenvalue weighted by atomic mass is 16.2. The molecule has 0 bridgehead atoms. The molecule has 1 aromatic carbocycles. The number of benzene rings is 1. The van der Waals surface area contributed by atoms with E-state index in [0.29, 0.717) is 18.4 Å². The minimum atomic E-state index is -0.0942. The fourth-order valence-corrected chi connectivity index (χ4v) is 4.05. The smallest absolute Gasteiger partial charge is 0.329 e. The van der Waals surface area contributed by atoms with Crippen molar-refractivity contribution in [2.24, 2.45) is 11.8 Å². The van der Waals surface area contributed by atoms with Gasteiger partial charge in [-0.05, 0) is 36.8 Å². The monoisotopic (exact) mass is 343 g/mol. The van der Waals surface area contributed by atoms with E-state index in [-0.39, 0.29) is 24.2 Å². The molecule has 1 amide bonds. The van der Waals surface area contributed by atoms with Gasteiger partial charge in [0.05, 0.1) is 11.0 Å². The average molecular weight is 343 g/mol. The molecule has 5 nitrogen and oxygen atoms in total. The van der Waals surface area contributed by atoms with Crippen LogP contribution in [0.3, 0.4) is 0 Å². The van der Waals surface area contributed by atoms with Crippen molar-refractivity contribution >= 4 is 16.9 Å². The van der Waals surface area contributed by atoms with Gasteiger partial charge < -0.3 is 5.32 Å². The lowest BCUT2D eigenvalue weighted by molar-refractivity contribution is -0.123. The summed E-state index contributed by atoms with van der Waals surface area (Å²) in [6.07, 6.45) is 4.31. The van der Waals surface area contributed by atoms with Gasteiger partial charge in [0.2, 0.25) is 5.91 Å². The molecule has 1 N–H and O–H groups in total. The van der Waals surface area contributed by atoms with Gasteiger partial charge in [-0.1, -0.05) is 45.7 Å². The van der Waals surface area contributed by atoms with Gasteiger partial charge in [0, 0.05) is 12.6 Å². The molecule has 0 unspecified atom stereocenters. The van der Waals surface area contributed by atoms with Gasteiger partial charge in [0.25, 0.3) is 0 Å². The maximum absolute atomic E-state index is 12.8. The Morgan fingerprint density at radius 2 is 1.84 bits per heavy atom. The lowest BCUT2D eigenvalue weighted by Gasteiger charge is -2.34. The number of fused-ring (bicyclic) bond motifs is 1. The van der Waals surface area contributed by atoms with Crippen LogP contribution < -0.4 is 11.0 Å². The van der Waals surface area contributed by atoms with E-state index in [1.54, 1.807) is 9.13 Å². The van der Waals surface area contributed by atoms with Crippen LogP contribution in [0, 0.1) is 11.8 Å². The number of nitrogens with zero attached hydrogens (tertiary/aromatic N) is 2. The number of carbonyl (C=O) groups is 1. The molecule has 0 radical (unpaired) electrons. The Kier molecular flexibility index (Phi) is 5.30. The number of hydrogen-bond donors (Lipinski definition) is 1. The largest absolute Gasteiger partial charge is 0.352 e. The van der Waals surface area contributed by atoms with Crippen LogP contribution in [0.25, 0.3) is 11.0 Å². The Morgan fingerprint density at radius 3 is 2.52 bits per heavy atom. The SMILES string of the molecule is CCCn1c(=O)n(CC(=O)N[C@@H]2CCC[C@H](C)[C@H]2C)c2ccccc21. The average Bonchev–Trinajstić information content (AvgIpc) is 2.85. The van der Waals surface area contributed by atoms with E-state index in [9.17, 15) is 9.59 Å². The normalized spacial score (nSPS) is 23.7. The van der Waals surface area contributed by atoms with E-state index in [0.717, 1.165) is 30.3 Å². The standard InChI is InChI=1S/C20H29N3O2/c1-4-12-22-17-10-5-6-11-18(17)23(20(22)25)13-19(24)21-16-9-7-8-14(2)15(16)3/h5-6,10-11,14-16H,4,7-9,12-13H2,1-3H3,(H,21,24)/t14-,15+,16+/m0/s1. The van der Waals surface area contributed by atoms with Gasteiger partial charge >= 0.3 is 5.69 Å². The van der Waals surface area contributed by atoms with Crippen LogP contribution in [-0.4, -0.2) is 21.1 Å². The minimum absolute atomic E-state index is 0.0625. The van der Waals surface area contributed by atoms with E-state index in [1.807, 2.05) is 24.3 Å². The van der Waals surface area contributed by atoms with Gasteiger partial charge in [0.1, 0.15) is 6.54 Å². The van der Waals surface area contributed by atoms with Crippen molar-refractivity contribution < 1.29 is 4.79 Å². The van der Waals surface area contributed by atoms with Crippen LogP contribution in [0.1, 0.15) is 46.5 Å². The summed E-state index contributed by atoms with van der Waals surface area (Å²) in [5.41, 5.74) is 1.64. The maximum Gasteiger partial charge on any atom is 0.329 e. The Hall–Kier alpha value is -2.04. The van der Waals surface area contributed by atoms with Crippen LogP contribution in [0.15, 0.2) is 29.1 Å². The molecule has 1 aromatic heterocycles. The lowest BCUT2D eigenvalue weighted by atomic mass is 9.78. The van der Waals surface area contributed by atoms with Crippen molar-refractivity contribution in [3.05, 3.63) is 34.7 Å². The summed E-state index contributed by atoms with van der Waals surface area (Å²) in [6, 6.07) is 7.93.